The summed E-state index contributed by atoms with van der Waals surface area (Å²) in [5.74, 6) is 0.471. The van der Waals surface area contributed by atoms with Gasteiger partial charge in [-0.1, -0.05) is 17.8 Å². The Morgan fingerprint density at radius 3 is 1.93 bits per heavy atom. The number of carbonyl (C=O) groups is 3. The fourth-order valence-electron chi connectivity index (χ4n) is 4.40. The summed E-state index contributed by atoms with van der Waals surface area (Å²) in [4.78, 5) is 42.4. The fourth-order valence-corrected chi connectivity index (χ4v) is 5.32. The fraction of sp³-hybridized carbons (Fsp3) is 0.121. The van der Waals surface area contributed by atoms with Crippen LogP contribution in [0.3, 0.4) is 0 Å². The minimum Gasteiger partial charge on any atom is -0.497 e. The molecule has 0 saturated carbocycles. The molecule has 9 nitrogen and oxygen atoms in total. The number of carbonyl (C=O) groups excluding carboxylic acids is 3. The van der Waals surface area contributed by atoms with Crippen LogP contribution in [0.5, 0.6) is 17.2 Å². The highest BCUT2D eigenvalue weighted by molar-refractivity contribution is 8.04. The Kier molecular flexibility index (Phi) is 8.68. The first-order valence-corrected chi connectivity index (χ1v) is 14.0. The van der Waals surface area contributed by atoms with E-state index in [9.17, 15) is 14.4 Å². The van der Waals surface area contributed by atoms with Gasteiger partial charge >= 0.3 is 0 Å². The van der Waals surface area contributed by atoms with Crippen molar-refractivity contribution >= 4 is 46.5 Å². The summed E-state index contributed by atoms with van der Waals surface area (Å²) in [6.07, 6.45) is 0. The number of benzene rings is 4. The number of rotatable bonds is 10. The first kappa shape index (κ1) is 29.3. The Hall–Kier alpha value is -5.22. The summed E-state index contributed by atoms with van der Waals surface area (Å²) in [5, 5.41) is 6.01. The van der Waals surface area contributed by atoms with Gasteiger partial charge in [0.1, 0.15) is 27.9 Å². The summed E-state index contributed by atoms with van der Waals surface area (Å²) in [6.45, 7) is 1.88. The van der Waals surface area contributed by atoms with Crippen LogP contribution >= 0.6 is 11.8 Å². The maximum absolute atomic E-state index is 13.9. The Labute approximate surface area is 253 Å². The van der Waals surface area contributed by atoms with Crippen LogP contribution < -0.4 is 29.7 Å². The zero-order chi connectivity index (χ0) is 30.5. The van der Waals surface area contributed by atoms with E-state index in [4.69, 9.17) is 14.2 Å². The first-order valence-electron chi connectivity index (χ1n) is 13.2. The predicted molar refractivity (Wildman–Crippen MR) is 167 cm³/mol. The molecular weight excluding hydrogens is 566 g/mol. The topological polar surface area (TPSA) is 106 Å². The molecule has 0 aliphatic carbocycles. The summed E-state index contributed by atoms with van der Waals surface area (Å²) < 4.78 is 15.9. The molecular formula is C33H29N3O6S. The molecule has 1 heterocycles. The van der Waals surface area contributed by atoms with Crippen LogP contribution in [-0.4, -0.2) is 39.1 Å². The molecule has 0 saturated heterocycles. The number of hydrogen-bond donors (Lipinski definition) is 2. The summed E-state index contributed by atoms with van der Waals surface area (Å²) >= 11 is 1.16. The van der Waals surface area contributed by atoms with Gasteiger partial charge in [-0.3, -0.25) is 14.4 Å². The van der Waals surface area contributed by atoms with Crippen molar-refractivity contribution in [1.29, 1.82) is 0 Å². The number of thioether (sulfide) groups is 1. The molecule has 4 aromatic carbocycles. The highest BCUT2D eigenvalue weighted by Gasteiger charge is 2.41. The van der Waals surface area contributed by atoms with Crippen LogP contribution in [0.2, 0.25) is 0 Å². The molecule has 1 aliphatic rings. The van der Waals surface area contributed by atoms with E-state index >= 15 is 0 Å². The minimum absolute atomic E-state index is 0.139. The van der Waals surface area contributed by atoms with E-state index in [1.54, 1.807) is 99.1 Å². The molecule has 218 valence electrons. The van der Waals surface area contributed by atoms with E-state index in [1.165, 1.54) is 7.11 Å². The van der Waals surface area contributed by atoms with Crippen LogP contribution in [0.25, 0.3) is 0 Å². The number of nitrogens with one attached hydrogen (secondary N) is 2. The molecule has 0 unspecified atom stereocenters. The van der Waals surface area contributed by atoms with Gasteiger partial charge in [0.05, 0.1) is 27.0 Å². The Bertz CT molecular complexity index is 1700. The van der Waals surface area contributed by atoms with Gasteiger partial charge in [0.25, 0.3) is 17.7 Å². The number of methoxy groups -OCH3 is 3. The zero-order valence-electron chi connectivity index (χ0n) is 24.0. The van der Waals surface area contributed by atoms with Gasteiger partial charge in [-0.15, -0.1) is 0 Å². The zero-order valence-corrected chi connectivity index (χ0v) is 24.8. The Morgan fingerprint density at radius 1 is 0.721 bits per heavy atom. The molecule has 43 heavy (non-hydrogen) atoms. The van der Waals surface area contributed by atoms with E-state index in [0.717, 1.165) is 22.2 Å². The van der Waals surface area contributed by atoms with Gasteiger partial charge < -0.3 is 24.8 Å². The smallest absolute Gasteiger partial charge is 0.283 e. The predicted octanol–water partition coefficient (Wildman–Crippen LogP) is 6.26. The summed E-state index contributed by atoms with van der Waals surface area (Å²) in [5.41, 5.74) is 3.05. The van der Waals surface area contributed by atoms with Crippen LogP contribution in [-0.2, 0) is 9.59 Å². The molecule has 4 aromatic rings. The van der Waals surface area contributed by atoms with E-state index in [0.29, 0.717) is 44.8 Å². The third-order valence-corrected chi connectivity index (χ3v) is 7.75. The van der Waals surface area contributed by atoms with E-state index < -0.39 is 11.8 Å². The van der Waals surface area contributed by atoms with Gasteiger partial charge in [-0.2, -0.15) is 0 Å². The average molecular weight is 596 g/mol. The Morgan fingerprint density at radius 2 is 1.33 bits per heavy atom. The monoisotopic (exact) mass is 595 g/mol. The van der Waals surface area contributed by atoms with Crippen molar-refractivity contribution < 1.29 is 28.6 Å². The SMILES string of the molecule is COc1ccc(NC2=C(Sc3ccc(NC(=O)c4ccc(OC)cc4)cc3)C(=O)N(c3cc(C)ccc3OC)C2=O)cc1. The van der Waals surface area contributed by atoms with Crippen molar-refractivity contribution in [2.45, 2.75) is 11.8 Å². The average Bonchev–Trinajstić information content (AvgIpc) is 3.25. The quantitative estimate of drug-likeness (QED) is 0.207. The normalized spacial score (nSPS) is 12.8. The molecule has 0 radical (unpaired) electrons. The number of amides is 3. The first-order chi connectivity index (χ1) is 20.8. The van der Waals surface area contributed by atoms with Crippen molar-refractivity contribution in [3.8, 4) is 17.2 Å². The number of ether oxygens (including phenoxy) is 3. The maximum Gasteiger partial charge on any atom is 0.283 e. The molecule has 0 aromatic heterocycles. The number of anilines is 3. The van der Waals surface area contributed by atoms with Gasteiger partial charge in [-0.25, -0.2) is 4.90 Å². The third-order valence-electron chi connectivity index (χ3n) is 6.66. The molecule has 2 N–H and O–H groups in total. The van der Waals surface area contributed by atoms with Crippen molar-refractivity contribution in [3.05, 3.63) is 113 Å². The van der Waals surface area contributed by atoms with Crippen molar-refractivity contribution in [2.24, 2.45) is 0 Å². The maximum atomic E-state index is 13.9. The number of hydrogen-bond acceptors (Lipinski definition) is 8. The molecule has 1 aliphatic heterocycles. The number of aryl methyl sites for hydroxylation is 1. The lowest BCUT2D eigenvalue weighted by molar-refractivity contribution is -0.120. The molecule has 0 bridgehead atoms. The molecule has 0 fully saturated rings. The van der Waals surface area contributed by atoms with Crippen molar-refractivity contribution in [2.75, 3.05) is 36.9 Å². The third kappa shape index (κ3) is 6.34. The molecule has 10 heteroatoms. The second-order valence-electron chi connectivity index (χ2n) is 9.49. The van der Waals surface area contributed by atoms with E-state index in [2.05, 4.69) is 10.6 Å². The van der Waals surface area contributed by atoms with E-state index in [1.807, 2.05) is 13.0 Å². The lowest BCUT2D eigenvalue weighted by atomic mass is 10.2. The van der Waals surface area contributed by atoms with Crippen LogP contribution in [0.4, 0.5) is 17.1 Å². The number of nitrogens with zero attached hydrogens (tertiary/aromatic N) is 1. The second-order valence-corrected chi connectivity index (χ2v) is 10.6. The standard InChI is InChI=1S/C33H29N3O6S/c1-20-5-18-28(42-4)27(19-20)36-32(38)29(34-22-8-14-25(41-3)15-9-22)30(33(36)39)43-26-16-10-23(11-17-26)35-31(37)21-6-12-24(40-2)13-7-21/h5-19,34H,1-4H3,(H,35,37). The van der Waals surface area contributed by atoms with Gasteiger partial charge in [-0.05, 0) is 97.4 Å². The molecule has 0 spiro atoms. The van der Waals surface area contributed by atoms with Gasteiger partial charge in [0.15, 0.2) is 0 Å². The lowest BCUT2D eigenvalue weighted by Gasteiger charge is -2.19. The minimum atomic E-state index is -0.504. The largest absolute Gasteiger partial charge is 0.497 e. The molecule has 3 amide bonds. The van der Waals surface area contributed by atoms with Crippen molar-refractivity contribution in [3.63, 3.8) is 0 Å². The lowest BCUT2D eigenvalue weighted by Crippen LogP contribution is -2.32. The number of imide groups is 1. The second kappa shape index (κ2) is 12.7. The molecule has 5 rings (SSSR count). The Balaban J connectivity index is 1.42. The van der Waals surface area contributed by atoms with Crippen LogP contribution in [0.15, 0.2) is 106 Å². The highest BCUT2D eigenvalue weighted by Crippen LogP contribution is 2.41. The summed E-state index contributed by atoms with van der Waals surface area (Å²) in [7, 11) is 4.63. The van der Waals surface area contributed by atoms with Crippen molar-refractivity contribution in [1.82, 2.24) is 0 Å². The van der Waals surface area contributed by atoms with E-state index in [-0.39, 0.29) is 16.5 Å². The van der Waals surface area contributed by atoms with Crippen LogP contribution in [0.1, 0.15) is 15.9 Å². The molecule has 0 atom stereocenters. The summed E-state index contributed by atoms with van der Waals surface area (Å²) in [6, 6.07) is 26.2. The van der Waals surface area contributed by atoms with Crippen LogP contribution in [0, 0.1) is 6.92 Å². The van der Waals surface area contributed by atoms with Gasteiger partial charge in [0, 0.05) is 21.8 Å². The van der Waals surface area contributed by atoms with Gasteiger partial charge in [0.2, 0.25) is 0 Å². The highest BCUT2D eigenvalue weighted by atomic mass is 32.2.